The molecule has 0 bridgehead atoms. The first-order chi connectivity index (χ1) is 11.8. The number of hydrogen-bond acceptors (Lipinski definition) is 4. The van der Waals surface area contributed by atoms with Crippen LogP contribution in [0.25, 0.3) is 11.3 Å². The molecule has 0 aliphatic heterocycles. The van der Waals surface area contributed by atoms with Gasteiger partial charge in [-0.05, 0) is 37.6 Å². The molecule has 2 rings (SSSR count). The van der Waals surface area contributed by atoms with Crippen molar-refractivity contribution in [3.8, 4) is 17.0 Å². The second kappa shape index (κ2) is 10.5. The molecule has 0 aliphatic carbocycles. The number of nitrogens with one attached hydrogen (secondary N) is 1. The first kappa shape index (κ1) is 18.9. The van der Waals surface area contributed by atoms with Gasteiger partial charge in [0.25, 0.3) is 0 Å². The van der Waals surface area contributed by atoms with E-state index in [1.54, 1.807) is 18.4 Å². The van der Waals surface area contributed by atoms with E-state index < -0.39 is 0 Å². The average Bonchev–Trinajstić information content (AvgIpc) is 3.06. The monoisotopic (exact) mass is 346 g/mol. The Morgan fingerprint density at radius 2 is 1.92 bits per heavy atom. The summed E-state index contributed by atoms with van der Waals surface area (Å²) in [6.07, 6.45) is 9.13. The molecule has 1 N–H and O–H groups in total. The Bertz CT molecular complexity index is 609. The number of rotatable bonds is 11. The number of hydrogen-bond donors (Lipinski definition) is 1. The van der Waals surface area contributed by atoms with Crippen molar-refractivity contribution < 1.29 is 4.74 Å². The van der Waals surface area contributed by atoms with Crippen molar-refractivity contribution in [2.45, 2.75) is 58.4 Å². The maximum atomic E-state index is 5.54. The van der Waals surface area contributed by atoms with Crippen LogP contribution in [0, 0.1) is 0 Å². The van der Waals surface area contributed by atoms with Crippen LogP contribution in [0.4, 0.5) is 0 Å². The summed E-state index contributed by atoms with van der Waals surface area (Å²) in [5.41, 5.74) is 3.51. The van der Waals surface area contributed by atoms with Gasteiger partial charge in [-0.3, -0.25) is 0 Å². The second-order valence-electron chi connectivity index (χ2n) is 6.21. The van der Waals surface area contributed by atoms with Crippen LogP contribution in [0.5, 0.6) is 5.75 Å². The molecule has 3 nitrogen and oxygen atoms in total. The first-order valence-electron chi connectivity index (χ1n) is 9.04. The SMILES string of the molecule is CCCCCCCCc1ccc(OC)c(-c2csc(CNC)n2)c1. The number of methoxy groups -OCH3 is 1. The van der Waals surface area contributed by atoms with Gasteiger partial charge in [0.15, 0.2) is 0 Å². The molecule has 0 unspecified atom stereocenters. The highest BCUT2D eigenvalue weighted by molar-refractivity contribution is 7.09. The summed E-state index contributed by atoms with van der Waals surface area (Å²) < 4.78 is 5.54. The maximum Gasteiger partial charge on any atom is 0.128 e. The lowest BCUT2D eigenvalue weighted by molar-refractivity contribution is 0.416. The molecule has 2 aromatic rings. The van der Waals surface area contributed by atoms with E-state index in [2.05, 4.69) is 35.8 Å². The van der Waals surface area contributed by atoms with Gasteiger partial charge < -0.3 is 10.1 Å². The van der Waals surface area contributed by atoms with E-state index in [1.807, 2.05) is 7.05 Å². The molecule has 4 heteroatoms. The van der Waals surface area contributed by atoms with E-state index >= 15 is 0 Å². The number of thiazole rings is 1. The van der Waals surface area contributed by atoms with Crippen molar-refractivity contribution in [1.82, 2.24) is 10.3 Å². The van der Waals surface area contributed by atoms with Gasteiger partial charge in [-0.25, -0.2) is 4.98 Å². The van der Waals surface area contributed by atoms with E-state index in [-0.39, 0.29) is 0 Å². The largest absolute Gasteiger partial charge is 0.496 e. The van der Waals surface area contributed by atoms with Gasteiger partial charge in [0.05, 0.1) is 12.8 Å². The lowest BCUT2D eigenvalue weighted by Crippen LogP contribution is -2.04. The summed E-state index contributed by atoms with van der Waals surface area (Å²) in [5.74, 6) is 0.906. The lowest BCUT2D eigenvalue weighted by atomic mass is 10.0. The molecule has 24 heavy (non-hydrogen) atoms. The Morgan fingerprint density at radius 1 is 1.12 bits per heavy atom. The molecule has 0 fully saturated rings. The highest BCUT2D eigenvalue weighted by Crippen LogP contribution is 2.32. The minimum Gasteiger partial charge on any atom is -0.496 e. The smallest absolute Gasteiger partial charge is 0.128 e. The fourth-order valence-corrected chi connectivity index (χ4v) is 3.69. The summed E-state index contributed by atoms with van der Waals surface area (Å²) in [5, 5.41) is 6.39. The van der Waals surface area contributed by atoms with Crippen LogP contribution in [-0.4, -0.2) is 19.1 Å². The van der Waals surface area contributed by atoms with Crippen molar-refractivity contribution in [1.29, 1.82) is 0 Å². The third-order valence-electron chi connectivity index (χ3n) is 4.24. The summed E-state index contributed by atoms with van der Waals surface area (Å²) >= 11 is 1.69. The molecule has 0 saturated carbocycles. The molecule has 0 atom stereocenters. The van der Waals surface area contributed by atoms with Crippen LogP contribution in [0.15, 0.2) is 23.6 Å². The number of aryl methyl sites for hydroxylation is 1. The minimum atomic E-state index is 0.810. The predicted octanol–water partition coefficient (Wildman–Crippen LogP) is 5.44. The molecule has 132 valence electrons. The molecule has 0 radical (unpaired) electrons. The summed E-state index contributed by atoms with van der Waals surface area (Å²) in [4.78, 5) is 4.73. The maximum absolute atomic E-state index is 5.54. The highest BCUT2D eigenvalue weighted by Gasteiger charge is 2.11. The zero-order valence-electron chi connectivity index (χ0n) is 15.2. The minimum absolute atomic E-state index is 0.810. The zero-order valence-corrected chi connectivity index (χ0v) is 16.0. The van der Waals surface area contributed by atoms with Crippen molar-refractivity contribution in [2.24, 2.45) is 0 Å². The molecular formula is C20H30N2OS. The first-order valence-corrected chi connectivity index (χ1v) is 9.92. The Labute approximate surface area is 150 Å². The predicted molar refractivity (Wildman–Crippen MR) is 104 cm³/mol. The van der Waals surface area contributed by atoms with E-state index in [9.17, 15) is 0 Å². The molecule has 1 heterocycles. The molecule has 0 spiro atoms. The normalized spacial score (nSPS) is 11.0. The van der Waals surface area contributed by atoms with E-state index in [4.69, 9.17) is 9.72 Å². The van der Waals surface area contributed by atoms with Gasteiger partial charge in [0, 0.05) is 17.5 Å². The van der Waals surface area contributed by atoms with Crippen molar-refractivity contribution >= 4 is 11.3 Å². The zero-order chi connectivity index (χ0) is 17.2. The van der Waals surface area contributed by atoms with Crippen LogP contribution < -0.4 is 10.1 Å². The molecule has 0 amide bonds. The standard InChI is InChI=1S/C20H30N2OS/c1-4-5-6-7-8-9-10-16-11-12-19(23-3)17(13-16)18-15-24-20(22-18)14-21-2/h11-13,15,21H,4-10,14H2,1-3H3. The number of ether oxygens (including phenoxy) is 1. The Balaban J connectivity index is 2.01. The fourth-order valence-electron chi connectivity index (χ4n) is 2.89. The van der Waals surface area contributed by atoms with Gasteiger partial charge >= 0.3 is 0 Å². The summed E-state index contributed by atoms with van der Waals surface area (Å²) in [7, 11) is 3.68. The van der Waals surface area contributed by atoms with Crippen LogP contribution in [0.1, 0.15) is 56.0 Å². The molecule has 0 aliphatic rings. The van der Waals surface area contributed by atoms with Crippen molar-refractivity contribution in [2.75, 3.05) is 14.2 Å². The van der Waals surface area contributed by atoms with Crippen LogP contribution in [0.2, 0.25) is 0 Å². The topological polar surface area (TPSA) is 34.1 Å². The van der Waals surface area contributed by atoms with Gasteiger partial charge in [0.1, 0.15) is 10.8 Å². The molecule has 0 saturated heterocycles. The van der Waals surface area contributed by atoms with Crippen molar-refractivity contribution in [3.05, 3.63) is 34.2 Å². The lowest BCUT2D eigenvalue weighted by Gasteiger charge is -2.09. The van der Waals surface area contributed by atoms with Crippen LogP contribution in [0.3, 0.4) is 0 Å². The third-order valence-corrected chi connectivity index (χ3v) is 5.09. The van der Waals surface area contributed by atoms with Gasteiger partial charge in [-0.1, -0.05) is 45.1 Å². The van der Waals surface area contributed by atoms with E-state index in [0.29, 0.717) is 0 Å². The Kier molecular flexibility index (Phi) is 8.26. The average molecular weight is 347 g/mol. The number of nitrogens with zero attached hydrogens (tertiary/aromatic N) is 1. The van der Waals surface area contributed by atoms with Gasteiger partial charge in [-0.2, -0.15) is 0 Å². The number of aromatic nitrogens is 1. The van der Waals surface area contributed by atoms with Crippen molar-refractivity contribution in [3.63, 3.8) is 0 Å². The molecular weight excluding hydrogens is 316 g/mol. The molecule has 1 aromatic heterocycles. The Hall–Kier alpha value is -1.39. The molecule has 1 aromatic carbocycles. The number of benzene rings is 1. The van der Waals surface area contributed by atoms with Gasteiger partial charge in [-0.15, -0.1) is 11.3 Å². The summed E-state index contributed by atoms with van der Waals surface area (Å²) in [6.45, 7) is 3.07. The van der Waals surface area contributed by atoms with Gasteiger partial charge in [0.2, 0.25) is 0 Å². The third kappa shape index (κ3) is 5.60. The second-order valence-corrected chi connectivity index (χ2v) is 7.15. The van der Waals surface area contributed by atoms with E-state index in [0.717, 1.165) is 35.0 Å². The fraction of sp³-hybridized carbons (Fsp3) is 0.550. The summed E-state index contributed by atoms with van der Waals surface area (Å²) in [6, 6.07) is 6.52. The Morgan fingerprint density at radius 3 is 2.67 bits per heavy atom. The van der Waals surface area contributed by atoms with Crippen LogP contribution in [-0.2, 0) is 13.0 Å². The highest BCUT2D eigenvalue weighted by atomic mass is 32.1. The number of unbranched alkanes of at least 4 members (excludes halogenated alkanes) is 5. The quantitative estimate of drug-likeness (QED) is 0.550. The van der Waals surface area contributed by atoms with E-state index in [1.165, 1.54) is 44.1 Å². The van der Waals surface area contributed by atoms with Crippen LogP contribution >= 0.6 is 11.3 Å².